The minimum atomic E-state index is 0.0430. The SMILES string of the molecule is N#Cc1ccc(NCC(=O)N2C[C@@H]3C[C@H]2CN3C(=O)CCc2cnc[nH]2)cc1. The summed E-state index contributed by atoms with van der Waals surface area (Å²) in [6.45, 7) is 1.44. The van der Waals surface area contributed by atoms with Crippen molar-refractivity contribution in [2.75, 3.05) is 25.0 Å². The highest BCUT2D eigenvalue weighted by molar-refractivity contribution is 5.83. The summed E-state index contributed by atoms with van der Waals surface area (Å²) in [6.07, 6.45) is 5.33. The van der Waals surface area contributed by atoms with E-state index in [4.69, 9.17) is 5.26 Å². The molecule has 2 atom stereocenters. The van der Waals surface area contributed by atoms with Crippen molar-refractivity contribution in [3.8, 4) is 6.07 Å². The molecule has 3 heterocycles. The second-order valence-electron chi connectivity index (χ2n) is 7.26. The molecule has 0 saturated carbocycles. The number of carbonyl (C=O) groups is 2. The van der Waals surface area contributed by atoms with Gasteiger partial charge >= 0.3 is 0 Å². The quantitative estimate of drug-likeness (QED) is 0.784. The van der Waals surface area contributed by atoms with Gasteiger partial charge in [0.1, 0.15) is 0 Å². The van der Waals surface area contributed by atoms with Crippen LogP contribution in [0.2, 0.25) is 0 Å². The molecule has 2 saturated heterocycles. The molecule has 2 aromatic rings. The Balaban J connectivity index is 1.25. The van der Waals surface area contributed by atoms with Crippen LogP contribution >= 0.6 is 0 Å². The molecule has 1 aromatic carbocycles. The monoisotopic (exact) mass is 378 g/mol. The van der Waals surface area contributed by atoms with Gasteiger partial charge in [0.25, 0.3) is 0 Å². The number of nitrogens with one attached hydrogen (secondary N) is 2. The minimum absolute atomic E-state index is 0.0430. The molecular formula is C20H22N6O2. The maximum atomic E-state index is 12.6. The predicted octanol–water partition coefficient (Wildman–Crippen LogP) is 1.14. The van der Waals surface area contributed by atoms with Crippen LogP contribution in [0.15, 0.2) is 36.8 Å². The van der Waals surface area contributed by atoms with Gasteiger partial charge in [0.15, 0.2) is 0 Å². The van der Waals surface area contributed by atoms with Crippen LogP contribution in [0.25, 0.3) is 0 Å². The lowest BCUT2D eigenvalue weighted by atomic mass is 10.2. The van der Waals surface area contributed by atoms with Gasteiger partial charge in [-0.1, -0.05) is 0 Å². The van der Waals surface area contributed by atoms with Gasteiger partial charge < -0.3 is 20.1 Å². The Morgan fingerprint density at radius 1 is 1.18 bits per heavy atom. The number of rotatable bonds is 6. The summed E-state index contributed by atoms with van der Waals surface area (Å²) in [7, 11) is 0. The molecule has 2 bridgehead atoms. The Morgan fingerprint density at radius 3 is 2.50 bits per heavy atom. The van der Waals surface area contributed by atoms with Crippen molar-refractivity contribution in [2.45, 2.75) is 31.3 Å². The largest absolute Gasteiger partial charge is 0.376 e. The van der Waals surface area contributed by atoms with E-state index < -0.39 is 0 Å². The van der Waals surface area contributed by atoms with E-state index in [0.717, 1.165) is 17.8 Å². The number of amides is 2. The highest BCUT2D eigenvalue weighted by atomic mass is 16.2. The average molecular weight is 378 g/mol. The third-order valence-corrected chi connectivity index (χ3v) is 5.50. The molecule has 28 heavy (non-hydrogen) atoms. The number of aryl methyl sites for hydroxylation is 1. The Labute approximate surface area is 163 Å². The number of aromatic amines is 1. The first kappa shape index (κ1) is 18.0. The Bertz CT molecular complexity index is 886. The molecule has 0 aliphatic carbocycles. The number of hydrogen-bond acceptors (Lipinski definition) is 5. The van der Waals surface area contributed by atoms with Crippen LogP contribution < -0.4 is 5.32 Å². The Morgan fingerprint density at radius 2 is 1.89 bits per heavy atom. The van der Waals surface area contributed by atoms with E-state index in [2.05, 4.69) is 21.4 Å². The lowest BCUT2D eigenvalue weighted by Gasteiger charge is -2.34. The number of nitrogens with zero attached hydrogens (tertiary/aromatic N) is 4. The summed E-state index contributed by atoms with van der Waals surface area (Å²) in [4.78, 5) is 35.9. The van der Waals surface area contributed by atoms with Crippen molar-refractivity contribution in [1.29, 1.82) is 5.26 Å². The average Bonchev–Trinajstić information content (AvgIpc) is 3.47. The number of fused-ring (bicyclic) bond motifs is 2. The second-order valence-corrected chi connectivity index (χ2v) is 7.26. The summed E-state index contributed by atoms with van der Waals surface area (Å²) in [5, 5.41) is 11.9. The van der Waals surface area contributed by atoms with Crippen LogP contribution in [0.4, 0.5) is 5.69 Å². The summed E-state index contributed by atoms with van der Waals surface area (Å²) in [5.74, 6) is 0.186. The molecule has 2 aliphatic rings. The van der Waals surface area contributed by atoms with Gasteiger partial charge in [0.05, 0.1) is 36.6 Å². The van der Waals surface area contributed by atoms with Crippen LogP contribution in [-0.4, -0.2) is 63.3 Å². The van der Waals surface area contributed by atoms with Gasteiger partial charge in [0, 0.05) is 37.1 Å². The molecule has 8 nitrogen and oxygen atoms in total. The number of aromatic nitrogens is 2. The Hall–Kier alpha value is -3.34. The first-order valence-electron chi connectivity index (χ1n) is 9.44. The number of imidazole rings is 1. The second kappa shape index (κ2) is 7.72. The Kier molecular flexibility index (Phi) is 4.98. The van der Waals surface area contributed by atoms with Crippen molar-refractivity contribution < 1.29 is 9.59 Å². The fourth-order valence-electron chi connectivity index (χ4n) is 4.03. The number of anilines is 1. The van der Waals surface area contributed by atoms with Crippen LogP contribution in [0.1, 0.15) is 24.1 Å². The van der Waals surface area contributed by atoms with Crippen molar-refractivity contribution in [2.24, 2.45) is 0 Å². The van der Waals surface area contributed by atoms with E-state index in [0.29, 0.717) is 31.5 Å². The molecule has 8 heteroatoms. The number of carbonyl (C=O) groups excluding carboxylic acids is 2. The zero-order chi connectivity index (χ0) is 19.5. The predicted molar refractivity (Wildman–Crippen MR) is 102 cm³/mol. The molecule has 2 fully saturated rings. The normalized spacial score (nSPS) is 20.2. The van der Waals surface area contributed by atoms with Gasteiger partial charge in [-0.2, -0.15) is 5.26 Å². The number of nitriles is 1. The van der Waals surface area contributed by atoms with Crippen molar-refractivity contribution in [3.63, 3.8) is 0 Å². The van der Waals surface area contributed by atoms with Crippen molar-refractivity contribution >= 4 is 17.5 Å². The third-order valence-electron chi connectivity index (χ3n) is 5.50. The molecule has 0 spiro atoms. The topological polar surface area (TPSA) is 105 Å². The van der Waals surface area contributed by atoms with Gasteiger partial charge in [-0.15, -0.1) is 0 Å². The van der Waals surface area contributed by atoms with Crippen molar-refractivity contribution in [1.82, 2.24) is 19.8 Å². The standard InChI is InChI=1S/C20H22N6O2/c21-8-14-1-3-15(4-2-14)23-10-20(28)26-12-17-7-18(26)11-25(17)19(27)6-5-16-9-22-13-24-16/h1-4,9,13,17-18,23H,5-7,10-12H2,(H,22,24)/t17-,18-/m0/s1. The molecule has 0 radical (unpaired) electrons. The molecule has 2 aliphatic heterocycles. The molecule has 1 aromatic heterocycles. The number of piperazine rings is 1. The van der Waals surface area contributed by atoms with Crippen LogP contribution in [0.3, 0.4) is 0 Å². The summed E-state index contributed by atoms with van der Waals surface area (Å²) in [6, 6.07) is 9.33. The first-order chi connectivity index (χ1) is 13.6. The molecule has 2 N–H and O–H groups in total. The third kappa shape index (κ3) is 3.69. The smallest absolute Gasteiger partial charge is 0.242 e. The van der Waals surface area contributed by atoms with Crippen molar-refractivity contribution in [3.05, 3.63) is 48.0 Å². The highest BCUT2D eigenvalue weighted by Gasteiger charge is 2.46. The van der Waals surface area contributed by atoms with E-state index in [1.165, 1.54) is 0 Å². The lowest BCUT2D eigenvalue weighted by Crippen LogP contribution is -2.51. The number of benzene rings is 1. The fraction of sp³-hybridized carbons (Fsp3) is 0.400. The lowest BCUT2D eigenvalue weighted by molar-refractivity contribution is -0.138. The van der Waals surface area contributed by atoms with Gasteiger partial charge in [-0.05, 0) is 37.1 Å². The van der Waals surface area contributed by atoms with Crippen LogP contribution in [0.5, 0.6) is 0 Å². The molecule has 144 valence electrons. The molecular weight excluding hydrogens is 356 g/mol. The van der Waals surface area contributed by atoms with E-state index in [1.807, 2.05) is 9.80 Å². The molecule has 4 rings (SSSR count). The number of likely N-dealkylation sites (tertiary alicyclic amines) is 2. The minimum Gasteiger partial charge on any atom is -0.376 e. The maximum Gasteiger partial charge on any atom is 0.242 e. The summed E-state index contributed by atoms with van der Waals surface area (Å²) < 4.78 is 0. The van der Waals surface area contributed by atoms with Crippen LogP contribution in [-0.2, 0) is 16.0 Å². The maximum absolute atomic E-state index is 12.6. The van der Waals surface area contributed by atoms with E-state index in [9.17, 15) is 9.59 Å². The van der Waals surface area contributed by atoms with E-state index in [1.54, 1.807) is 36.8 Å². The molecule has 0 unspecified atom stereocenters. The number of H-pyrrole nitrogens is 1. The van der Waals surface area contributed by atoms with Crippen LogP contribution in [0, 0.1) is 11.3 Å². The zero-order valence-corrected chi connectivity index (χ0v) is 15.5. The fourth-order valence-corrected chi connectivity index (χ4v) is 4.03. The van der Waals surface area contributed by atoms with E-state index >= 15 is 0 Å². The van der Waals surface area contributed by atoms with E-state index in [-0.39, 0.29) is 30.4 Å². The van der Waals surface area contributed by atoms with Gasteiger partial charge in [-0.25, -0.2) is 4.98 Å². The highest BCUT2D eigenvalue weighted by Crippen LogP contribution is 2.31. The molecule has 2 amide bonds. The summed E-state index contributed by atoms with van der Waals surface area (Å²) >= 11 is 0. The first-order valence-corrected chi connectivity index (χ1v) is 9.44. The summed E-state index contributed by atoms with van der Waals surface area (Å²) in [5.41, 5.74) is 2.36. The van der Waals surface area contributed by atoms with Gasteiger partial charge in [-0.3, -0.25) is 9.59 Å². The number of hydrogen-bond donors (Lipinski definition) is 2. The van der Waals surface area contributed by atoms with Gasteiger partial charge in [0.2, 0.25) is 11.8 Å². The zero-order valence-electron chi connectivity index (χ0n) is 15.5.